The van der Waals surface area contributed by atoms with Crippen LogP contribution in [0.3, 0.4) is 0 Å². The largest absolute Gasteiger partial charge is 0.351 e. The van der Waals surface area contributed by atoms with E-state index < -0.39 is 9.84 Å². The fraction of sp³-hybridized carbons (Fsp3) is 0.211. The van der Waals surface area contributed by atoms with Crippen molar-refractivity contribution in [2.75, 3.05) is 12.3 Å². The van der Waals surface area contributed by atoms with Gasteiger partial charge in [-0.1, -0.05) is 24.3 Å². The summed E-state index contributed by atoms with van der Waals surface area (Å²) in [6.07, 6.45) is 2.02. The van der Waals surface area contributed by atoms with E-state index in [-0.39, 0.29) is 18.2 Å². The molecule has 0 bridgehead atoms. The van der Waals surface area contributed by atoms with E-state index in [4.69, 9.17) is 0 Å². The van der Waals surface area contributed by atoms with Gasteiger partial charge in [-0.25, -0.2) is 13.4 Å². The summed E-state index contributed by atoms with van der Waals surface area (Å²) >= 11 is 1.28. The average Bonchev–Trinajstić information content (AvgIpc) is 3.08. The van der Waals surface area contributed by atoms with E-state index in [1.54, 1.807) is 43.5 Å². The monoisotopic (exact) mass is 401 g/mol. The van der Waals surface area contributed by atoms with Crippen molar-refractivity contribution in [3.63, 3.8) is 0 Å². The SMILES string of the molecule is Cc1nc(-c2ccccn2)sc1C(=O)NCCCS(=O)(=O)c1ccccc1. The lowest BCUT2D eigenvalue weighted by atomic mass is 10.3. The van der Waals surface area contributed by atoms with E-state index in [9.17, 15) is 13.2 Å². The Bertz CT molecular complexity index is 1020. The first-order valence-electron chi connectivity index (χ1n) is 8.42. The van der Waals surface area contributed by atoms with Gasteiger partial charge in [-0.3, -0.25) is 9.78 Å². The third-order valence-corrected chi connectivity index (χ3v) is 6.86. The molecular weight excluding hydrogens is 382 g/mol. The molecule has 0 saturated carbocycles. The summed E-state index contributed by atoms with van der Waals surface area (Å²) < 4.78 is 24.5. The highest BCUT2D eigenvalue weighted by atomic mass is 32.2. The molecule has 0 aliphatic carbocycles. The van der Waals surface area contributed by atoms with Gasteiger partial charge in [0.2, 0.25) is 0 Å². The van der Waals surface area contributed by atoms with Crippen molar-refractivity contribution in [1.82, 2.24) is 15.3 Å². The van der Waals surface area contributed by atoms with E-state index in [1.165, 1.54) is 11.3 Å². The van der Waals surface area contributed by atoms with Crippen LogP contribution in [0.15, 0.2) is 59.6 Å². The molecule has 1 amide bonds. The van der Waals surface area contributed by atoms with Gasteiger partial charge in [-0.15, -0.1) is 11.3 Å². The first-order chi connectivity index (χ1) is 13.0. The number of thiazole rings is 1. The molecule has 8 heteroatoms. The Morgan fingerprint density at radius 1 is 1.11 bits per heavy atom. The van der Waals surface area contributed by atoms with Gasteiger partial charge in [0, 0.05) is 12.7 Å². The van der Waals surface area contributed by atoms with Crippen LogP contribution in [0.25, 0.3) is 10.7 Å². The van der Waals surface area contributed by atoms with E-state index in [0.717, 1.165) is 5.69 Å². The molecule has 27 heavy (non-hydrogen) atoms. The molecule has 0 unspecified atom stereocenters. The van der Waals surface area contributed by atoms with Crippen molar-refractivity contribution in [2.45, 2.75) is 18.2 Å². The number of hydrogen-bond donors (Lipinski definition) is 1. The summed E-state index contributed by atoms with van der Waals surface area (Å²) in [5, 5.41) is 3.46. The summed E-state index contributed by atoms with van der Waals surface area (Å²) in [7, 11) is -3.33. The van der Waals surface area contributed by atoms with Crippen LogP contribution in [-0.2, 0) is 9.84 Å². The predicted molar refractivity (Wildman–Crippen MR) is 106 cm³/mol. The fourth-order valence-electron chi connectivity index (χ4n) is 2.50. The van der Waals surface area contributed by atoms with Crippen LogP contribution in [0.4, 0.5) is 0 Å². The Balaban J connectivity index is 1.57. The molecule has 1 aromatic carbocycles. The first-order valence-corrected chi connectivity index (χ1v) is 10.9. The third kappa shape index (κ3) is 4.78. The number of aromatic nitrogens is 2. The maximum absolute atomic E-state index is 12.4. The molecular formula is C19H19N3O3S2. The average molecular weight is 402 g/mol. The molecule has 0 aliphatic heterocycles. The van der Waals surface area contributed by atoms with E-state index >= 15 is 0 Å². The highest BCUT2D eigenvalue weighted by Crippen LogP contribution is 2.26. The molecule has 2 aromatic heterocycles. The second kappa shape index (κ2) is 8.41. The smallest absolute Gasteiger partial charge is 0.263 e. The van der Waals surface area contributed by atoms with Crippen LogP contribution in [0.1, 0.15) is 21.8 Å². The zero-order valence-corrected chi connectivity index (χ0v) is 16.4. The molecule has 6 nitrogen and oxygen atoms in total. The van der Waals surface area contributed by atoms with Gasteiger partial charge < -0.3 is 5.32 Å². The summed E-state index contributed by atoms with van der Waals surface area (Å²) in [5.74, 6) is -0.262. The Labute approximate surface area is 162 Å². The molecule has 0 fully saturated rings. The van der Waals surface area contributed by atoms with Gasteiger partial charge in [0.1, 0.15) is 9.88 Å². The molecule has 0 spiro atoms. The highest BCUT2D eigenvalue weighted by Gasteiger charge is 2.17. The van der Waals surface area contributed by atoms with Crippen molar-refractivity contribution in [2.24, 2.45) is 0 Å². The number of aryl methyl sites for hydroxylation is 1. The summed E-state index contributed by atoms with van der Waals surface area (Å²) in [6, 6.07) is 13.8. The molecule has 0 saturated heterocycles. The van der Waals surface area contributed by atoms with Gasteiger partial charge in [0.15, 0.2) is 9.84 Å². The van der Waals surface area contributed by atoms with E-state index in [0.29, 0.717) is 26.9 Å². The Morgan fingerprint density at radius 3 is 2.56 bits per heavy atom. The van der Waals surface area contributed by atoms with Gasteiger partial charge in [-0.05, 0) is 37.6 Å². The lowest BCUT2D eigenvalue weighted by Crippen LogP contribution is -2.25. The number of pyridine rings is 1. The zero-order valence-electron chi connectivity index (χ0n) is 14.8. The molecule has 3 rings (SSSR count). The second-order valence-corrected chi connectivity index (χ2v) is 9.00. The number of sulfone groups is 1. The van der Waals surface area contributed by atoms with Gasteiger partial charge in [0.05, 0.1) is 22.0 Å². The minimum atomic E-state index is -3.33. The van der Waals surface area contributed by atoms with Crippen molar-refractivity contribution in [3.8, 4) is 10.7 Å². The van der Waals surface area contributed by atoms with Crippen molar-refractivity contribution < 1.29 is 13.2 Å². The molecule has 0 radical (unpaired) electrons. The molecule has 0 atom stereocenters. The predicted octanol–water partition coefficient (Wildman–Crippen LogP) is 3.11. The quantitative estimate of drug-likeness (QED) is 0.615. The standard InChI is InChI=1S/C19H19N3O3S2/c1-14-17(26-19(22-14)16-10-5-6-11-20-16)18(23)21-12-7-13-27(24,25)15-8-3-2-4-9-15/h2-6,8-11H,7,12-13H2,1H3,(H,21,23). The summed E-state index contributed by atoms with van der Waals surface area (Å²) in [6.45, 7) is 2.05. The minimum absolute atomic E-state index is 0.0157. The maximum atomic E-state index is 12.4. The van der Waals surface area contributed by atoms with Crippen LogP contribution in [0.5, 0.6) is 0 Å². The third-order valence-electron chi connectivity index (χ3n) is 3.86. The maximum Gasteiger partial charge on any atom is 0.263 e. The number of hydrogen-bond acceptors (Lipinski definition) is 6. The number of nitrogens with one attached hydrogen (secondary N) is 1. The number of benzene rings is 1. The van der Waals surface area contributed by atoms with Crippen molar-refractivity contribution >= 4 is 27.1 Å². The molecule has 2 heterocycles. The summed E-state index contributed by atoms with van der Waals surface area (Å²) in [4.78, 5) is 21.9. The first kappa shape index (κ1) is 19.2. The van der Waals surface area contributed by atoms with Gasteiger partial charge in [-0.2, -0.15) is 0 Å². The van der Waals surface area contributed by atoms with E-state index in [2.05, 4.69) is 15.3 Å². The van der Waals surface area contributed by atoms with Gasteiger partial charge >= 0.3 is 0 Å². The summed E-state index contributed by atoms with van der Waals surface area (Å²) in [5.41, 5.74) is 1.36. The highest BCUT2D eigenvalue weighted by molar-refractivity contribution is 7.91. The number of nitrogens with zero attached hydrogens (tertiary/aromatic N) is 2. The van der Waals surface area contributed by atoms with Crippen molar-refractivity contribution in [1.29, 1.82) is 0 Å². The lowest BCUT2D eigenvalue weighted by Gasteiger charge is -2.06. The van der Waals surface area contributed by atoms with Crippen LogP contribution in [-0.4, -0.2) is 36.6 Å². The zero-order chi connectivity index (χ0) is 19.3. The van der Waals surface area contributed by atoms with Crippen LogP contribution in [0, 0.1) is 6.92 Å². The molecule has 140 valence electrons. The normalized spacial score (nSPS) is 11.3. The number of amides is 1. The number of carbonyl (C=O) groups excluding carboxylic acids is 1. The Kier molecular flexibility index (Phi) is 5.98. The lowest BCUT2D eigenvalue weighted by molar-refractivity contribution is 0.0957. The molecule has 0 aliphatic rings. The fourth-order valence-corrected chi connectivity index (χ4v) is 4.79. The van der Waals surface area contributed by atoms with Crippen LogP contribution < -0.4 is 5.32 Å². The van der Waals surface area contributed by atoms with E-state index in [1.807, 2.05) is 18.2 Å². The second-order valence-electron chi connectivity index (χ2n) is 5.89. The van der Waals surface area contributed by atoms with Gasteiger partial charge in [0.25, 0.3) is 5.91 Å². The number of carbonyl (C=O) groups is 1. The number of rotatable bonds is 7. The van der Waals surface area contributed by atoms with Crippen LogP contribution in [0.2, 0.25) is 0 Å². The molecule has 3 aromatic rings. The Morgan fingerprint density at radius 2 is 1.85 bits per heavy atom. The topological polar surface area (TPSA) is 89.0 Å². The minimum Gasteiger partial charge on any atom is -0.351 e. The van der Waals surface area contributed by atoms with Crippen LogP contribution >= 0.6 is 11.3 Å². The van der Waals surface area contributed by atoms with Crippen molar-refractivity contribution in [3.05, 3.63) is 65.3 Å². The molecule has 1 N–H and O–H groups in total. The Hall–Kier alpha value is -2.58.